The van der Waals surface area contributed by atoms with Gasteiger partial charge in [-0.15, -0.1) is 0 Å². The van der Waals surface area contributed by atoms with Crippen molar-refractivity contribution < 1.29 is 13.2 Å². The summed E-state index contributed by atoms with van der Waals surface area (Å²) in [6.07, 6.45) is -4.41. The van der Waals surface area contributed by atoms with Crippen LogP contribution >= 0.6 is 11.6 Å². The van der Waals surface area contributed by atoms with E-state index in [2.05, 4.69) is 0 Å². The lowest BCUT2D eigenvalue weighted by Crippen LogP contribution is -2.15. The van der Waals surface area contributed by atoms with Crippen molar-refractivity contribution in [1.29, 1.82) is 0 Å². The second kappa shape index (κ2) is 3.79. The van der Waals surface area contributed by atoms with Crippen LogP contribution in [0.15, 0.2) is 18.2 Å². The van der Waals surface area contributed by atoms with Gasteiger partial charge in [0.25, 0.3) is 0 Å². The molecule has 0 aliphatic rings. The molecule has 1 aromatic rings. The molecule has 14 heavy (non-hydrogen) atoms. The fourth-order valence-electron chi connectivity index (χ4n) is 1.25. The van der Waals surface area contributed by atoms with Gasteiger partial charge in [0.15, 0.2) is 0 Å². The van der Waals surface area contributed by atoms with Crippen LogP contribution in [0.2, 0.25) is 5.02 Å². The third-order valence-corrected chi connectivity index (χ3v) is 2.14. The maximum Gasteiger partial charge on any atom is 0.416 e. The van der Waals surface area contributed by atoms with E-state index in [4.69, 9.17) is 17.3 Å². The van der Waals surface area contributed by atoms with E-state index in [1.165, 1.54) is 19.1 Å². The summed E-state index contributed by atoms with van der Waals surface area (Å²) in [5.41, 5.74) is 4.61. The van der Waals surface area contributed by atoms with Crippen molar-refractivity contribution in [3.63, 3.8) is 0 Å². The molecule has 2 N–H and O–H groups in total. The second-order valence-electron chi connectivity index (χ2n) is 2.99. The second-order valence-corrected chi connectivity index (χ2v) is 3.39. The van der Waals surface area contributed by atoms with Gasteiger partial charge in [-0.3, -0.25) is 0 Å². The highest BCUT2D eigenvalue weighted by atomic mass is 35.5. The average molecular weight is 224 g/mol. The Kier molecular flexibility index (Phi) is 3.07. The largest absolute Gasteiger partial charge is 0.416 e. The maximum absolute atomic E-state index is 12.5. The van der Waals surface area contributed by atoms with E-state index < -0.39 is 17.8 Å². The maximum atomic E-state index is 12.5. The van der Waals surface area contributed by atoms with Crippen LogP contribution in [0, 0.1) is 0 Å². The number of halogens is 4. The van der Waals surface area contributed by atoms with E-state index in [1.807, 2.05) is 0 Å². The molecular formula is C9H9ClF3N. The van der Waals surface area contributed by atoms with Crippen molar-refractivity contribution in [2.24, 2.45) is 5.73 Å². The molecule has 0 aliphatic carbocycles. The number of nitrogens with two attached hydrogens (primary N) is 1. The van der Waals surface area contributed by atoms with Crippen LogP contribution < -0.4 is 5.73 Å². The van der Waals surface area contributed by atoms with Crippen molar-refractivity contribution in [2.45, 2.75) is 19.1 Å². The number of hydrogen-bond acceptors (Lipinski definition) is 1. The Morgan fingerprint density at radius 2 is 1.93 bits per heavy atom. The summed E-state index contributed by atoms with van der Waals surface area (Å²) in [5, 5.41) is 0.0508. The van der Waals surface area contributed by atoms with Gasteiger partial charge in [-0.2, -0.15) is 13.2 Å². The highest BCUT2D eigenvalue weighted by Crippen LogP contribution is 2.37. The van der Waals surface area contributed by atoms with Gasteiger partial charge in [0.2, 0.25) is 0 Å². The summed E-state index contributed by atoms with van der Waals surface area (Å²) < 4.78 is 37.4. The molecule has 0 fully saturated rings. The Labute approximate surface area is 84.7 Å². The van der Waals surface area contributed by atoms with Gasteiger partial charge in [0.05, 0.1) is 5.56 Å². The quantitative estimate of drug-likeness (QED) is 0.776. The summed E-state index contributed by atoms with van der Waals surface area (Å²) in [5.74, 6) is 0. The zero-order valence-electron chi connectivity index (χ0n) is 7.40. The van der Waals surface area contributed by atoms with Gasteiger partial charge in [-0.25, -0.2) is 0 Å². The third-order valence-electron chi connectivity index (χ3n) is 1.81. The first kappa shape index (κ1) is 11.3. The van der Waals surface area contributed by atoms with Crippen molar-refractivity contribution >= 4 is 11.6 Å². The van der Waals surface area contributed by atoms with Crippen LogP contribution in [-0.2, 0) is 6.18 Å². The summed E-state index contributed by atoms with van der Waals surface area (Å²) in [6.45, 7) is 1.47. The monoisotopic (exact) mass is 223 g/mol. The number of hydrogen-bond donors (Lipinski definition) is 1. The SMILES string of the molecule is CC(N)c1c(Cl)cccc1C(F)(F)F. The van der Waals surface area contributed by atoms with E-state index in [9.17, 15) is 13.2 Å². The molecule has 1 unspecified atom stereocenters. The van der Waals surface area contributed by atoms with Gasteiger partial charge < -0.3 is 5.73 Å². The third kappa shape index (κ3) is 2.19. The molecule has 1 rings (SSSR count). The fraction of sp³-hybridized carbons (Fsp3) is 0.333. The van der Waals surface area contributed by atoms with Gasteiger partial charge >= 0.3 is 6.18 Å². The normalized spacial score (nSPS) is 14.1. The molecule has 1 atom stereocenters. The minimum absolute atomic E-state index is 0.0508. The molecule has 0 aromatic heterocycles. The molecule has 0 aliphatic heterocycles. The minimum atomic E-state index is -4.41. The highest BCUT2D eigenvalue weighted by Gasteiger charge is 2.34. The van der Waals surface area contributed by atoms with E-state index in [0.29, 0.717) is 0 Å². The first-order valence-corrected chi connectivity index (χ1v) is 4.33. The molecule has 0 spiro atoms. The summed E-state index contributed by atoms with van der Waals surface area (Å²) >= 11 is 5.65. The van der Waals surface area contributed by atoms with Crippen LogP contribution in [-0.4, -0.2) is 0 Å². The lowest BCUT2D eigenvalue weighted by Gasteiger charge is -2.16. The summed E-state index contributed by atoms with van der Waals surface area (Å²) in [6, 6.07) is 2.90. The molecule has 1 aromatic carbocycles. The van der Waals surface area contributed by atoms with E-state index in [0.717, 1.165) is 6.07 Å². The summed E-state index contributed by atoms with van der Waals surface area (Å²) in [4.78, 5) is 0. The molecule has 0 heterocycles. The lowest BCUT2D eigenvalue weighted by molar-refractivity contribution is -0.138. The van der Waals surface area contributed by atoms with Crippen molar-refractivity contribution in [3.8, 4) is 0 Å². The summed E-state index contributed by atoms with van der Waals surface area (Å²) in [7, 11) is 0. The van der Waals surface area contributed by atoms with Crippen molar-refractivity contribution in [2.75, 3.05) is 0 Å². The Bertz CT molecular complexity index is 333. The Morgan fingerprint density at radius 3 is 2.29 bits per heavy atom. The molecular weight excluding hydrogens is 215 g/mol. The standard InChI is InChI=1S/C9H9ClF3N/c1-5(14)8-6(9(11,12)13)3-2-4-7(8)10/h2-5H,14H2,1H3. The van der Waals surface area contributed by atoms with E-state index in [1.54, 1.807) is 0 Å². The lowest BCUT2D eigenvalue weighted by atomic mass is 10.0. The van der Waals surface area contributed by atoms with Crippen molar-refractivity contribution in [1.82, 2.24) is 0 Å². The molecule has 78 valence electrons. The molecule has 1 nitrogen and oxygen atoms in total. The Morgan fingerprint density at radius 1 is 1.36 bits per heavy atom. The zero-order chi connectivity index (χ0) is 10.9. The number of benzene rings is 1. The number of alkyl halides is 3. The molecule has 0 saturated heterocycles. The molecule has 0 bridgehead atoms. The molecule has 0 saturated carbocycles. The van der Waals surface area contributed by atoms with Crippen LogP contribution in [0.1, 0.15) is 24.1 Å². The van der Waals surface area contributed by atoms with Crippen LogP contribution in [0.5, 0.6) is 0 Å². The Hall–Kier alpha value is -0.740. The minimum Gasteiger partial charge on any atom is -0.324 e. The smallest absolute Gasteiger partial charge is 0.324 e. The van der Waals surface area contributed by atoms with Crippen molar-refractivity contribution in [3.05, 3.63) is 34.3 Å². The highest BCUT2D eigenvalue weighted by molar-refractivity contribution is 6.31. The fourth-order valence-corrected chi connectivity index (χ4v) is 1.59. The first-order chi connectivity index (χ1) is 6.34. The van der Waals surface area contributed by atoms with Gasteiger partial charge in [-0.05, 0) is 24.6 Å². The topological polar surface area (TPSA) is 26.0 Å². The van der Waals surface area contributed by atoms with Crippen LogP contribution in [0.4, 0.5) is 13.2 Å². The predicted molar refractivity (Wildman–Crippen MR) is 49.1 cm³/mol. The van der Waals surface area contributed by atoms with Crippen LogP contribution in [0.3, 0.4) is 0 Å². The first-order valence-electron chi connectivity index (χ1n) is 3.95. The number of rotatable bonds is 1. The molecule has 0 amide bonds. The van der Waals surface area contributed by atoms with Gasteiger partial charge in [0.1, 0.15) is 0 Å². The van der Waals surface area contributed by atoms with Crippen LogP contribution in [0.25, 0.3) is 0 Å². The van der Waals surface area contributed by atoms with E-state index in [-0.39, 0.29) is 10.6 Å². The van der Waals surface area contributed by atoms with E-state index >= 15 is 0 Å². The average Bonchev–Trinajstić information content (AvgIpc) is 2.01. The Balaban J connectivity index is 3.36. The predicted octanol–water partition coefficient (Wildman–Crippen LogP) is 3.38. The van der Waals surface area contributed by atoms with Gasteiger partial charge in [-0.1, -0.05) is 17.7 Å². The molecule has 5 heteroatoms. The van der Waals surface area contributed by atoms with Gasteiger partial charge in [0, 0.05) is 11.1 Å². The zero-order valence-corrected chi connectivity index (χ0v) is 8.15. The molecule has 0 radical (unpaired) electrons.